The van der Waals surface area contributed by atoms with Gasteiger partial charge in [0, 0.05) is 25.3 Å². The van der Waals surface area contributed by atoms with E-state index >= 15 is 0 Å². The number of quaternary nitrogens is 1. The maximum atomic E-state index is 12.9. The Labute approximate surface area is 184 Å². The molecule has 2 N–H and O–H groups in total. The van der Waals surface area contributed by atoms with Gasteiger partial charge in [-0.1, -0.05) is 54.6 Å². The van der Waals surface area contributed by atoms with Crippen LogP contribution in [0, 0.1) is 0 Å². The Hall–Kier alpha value is -2.89. The molecule has 162 valence electrons. The molecule has 1 amide bonds. The molecule has 5 heteroatoms. The topological polar surface area (TPSA) is 46.0 Å². The molecular formula is C26H32N3O2+. The van der Waals surface area contributed by atoms with Crippen molar-refractivity contribution in [2.24, 2.45) is 0 Å². The van der Waals surface area contributed by atoms with Crippen LogP contribution in [0.2, 0.25) is 0 Å². The molecule has 1 atom stereocenters. The van der Waals surface area contributed by atoms with Crippen molar-refractivity contribution >= 4 is 22.4 Å². The number of morpholine rings is 1. The van der Waals surface area contributed by atoms with Crippen molar-refractivity contribution in [3.05, 3.63) is 77.9 Å². The summed E-state index contributed by atoms with van der Waals surface area (Å²) in [5, 5.41) is 5.54. The zero-order valence-electron chi connectivity index (χ0n) is 18.4. The molecule has 0 spiro atoms. The lowest BCUT2D eigenvalue weighted by Crippen LogP contribution is -3.15. The number of hydrogen-bond acceptors (Lipinski definition) is 3. The number of carbonyl (C=O) groups is 1. The van der Waals surface area contributed by atoms with Crippen molar-refractivity contribution in [2.75, 3.05) is 51.8 Å². The van der Waals surface area contributed by atoms with Gasteiger partial charge in [-0.15, -0.1) is 0 Å². The highest BCUT2D eigenvalue weighted by Crippen LogP contribution is 2.19. The number of anilines is 1. The van der Waals surface area contributed by atoms with Crippen LogP contribution in [0.4, 0.5) is 5.69 Å². The van der Waals surface area contributed by atoms with Crippen molar-refractivity contribution in [1.82, 2.24) is 5.32 Å². The predicted octanol–water partition coefficient (Wildman–Crippen LogP) is 2.22. The number of carbonyl (C=O) groups excluding carboxylic acids is 1. The summed E-state index contributed by atoms with van der Waals surface area (Å²) in [4.78, 5) is 16.4. The monoisotopic (exact) mass is 418 g/mol. The first-order chi connectivity index (χ1) is 15.1. The molecular weight excluding hydrogens is 386 g/mol. The molecule has 1 heterocycles. The van der Waals surface area contributed by atoms with E-state index < -0.39 is 0 Å². The summed E-state index contributed by atoms with van der Waals surface area (Å²) in [6.45, 7) is 4.08. The van der Waals surface area contributed by atoms with Gasteiger partial charge in [-0.3, -0.25) is 4.79 Å². The molecule has 1 aliphatic heterocycles. The third kappa shape index (κ3) is 5.24. The summed E-state index contributed by atoms with van der Waals surface area (Å²) in [5.74, 6) is 0.0684. The van der Waals surface area contributed by atoms with E-state index in [4.69, 9.17) is 4.74 Å². The van der Waals surface area contributed by atoms with E-state index in [0.29, 0.717) is 13.0 Å². The second kappa shape index (κ2) is 9.94. The van der Waals surface area contributed by atoms with Gasteiger partial charge < -0.3 is 19.9 Å². The molecule has 0 aliphatic carbocycles. The third-order valence-electron chi connectivity index (χ3n) is 6.17. The van der Waals surface area contributed by atoms with Crippen molar-refractivity contribution < 1.29 is 14.4 Å². The molecule has 0 saturated carbocycles. The highest BCUT2D eigenvalue weighted by Gasteiger charge is 2.27. The van der Waals surface area contributed by atoms with Gasteiger partial charge in [0.2, 0.25) is 5.91 Å². The Bertz CT molecular complexity index is 1010. The Morgan fingerprint density at radius 3 is 2.45 bits per heavy atom. The molecule has 0 aromatic heterocycles. The average molecular weight is 419 g/mol. The SMILES string of the molecule is CN(C)c1ccc([C@@H](CNC(=O)Cc2cccc3ccccc23)[NH+]2CCOCC2)cc1. The number of hydrogen-bond donors (Lipinski definition) is 2. The molecule has 5 nitrogen and oxygen atoms in total. The van der Waals surface area contributed by atoms with Crippen LogP contribution in [-0.4, -0.2) is 52.9 Å². The molecule has 3 aromatic carbocycles. The van der Waals surface area contributed by atoms with E-state index in [2.05, 4.69) is 52.7 Å². The lowest BCUT2D eigenvalue weighted by atomic mass is 10.0. The fourth-order valence-corrected chi connectivity index (χ4v) is 4.38. The molecule has 1 saturated heterocycles. The van der Waals surface area contributed by atoms with Crippen LogP contribution in [0.5, 0.6) is 0 Å². The molecule has 0 bridgehead atoms. The van der Waals surface area contributed by atoms with E-state index in [1.807, 2.05) is 38.4 Å². The molecule has 1 fully saturated rings. The van der Waals surface area contributed by atoms with Gasteiger partial charge in [0.05, 0.1) is 26.2 Å². The predicted molar refractivity (Wildman–Crippen MR) is 126 cm³/mol. The lowest BCUT2D eigenvalue weighted by Gasteiger charge is -2.32. The quantitative estimate of drug-likeness (QED) is 0.619. The van der Waals surface area contributed by atoms with Crippen LogP contribution in [0.1, 0.15) is 17.2 Å². The van der Waals surface area contributed by atoms with Crippen molar-refractivity contribution in [2.45, 2.75) is 12.5 Å². The Balaban J connectivity index is 1.47. The summed E-state index contributed by atoms with van der Waals surface area (Å²) in [5.41, 5.74) is 3.51. The molecule has 0 radical (unpaired) electrons. The zero-order valence-corrected chi connectivity index (χ0v) is 18.4. The summed E-state index contributed by atoms with van der Waals surface area (Å²) in [6, 6.07) is 23.3. The fourth-order valence-electron chi connectivity index (χ4n) is 4.38. The van der Waals surface area contributed by atoms with Crippen LogP contribution in [-0.2, 0) is 16.0 Å². The van der Waals surface area contributed by atoms with Gasteiger partial charge in [0.15, 0.2) is 0 Å². The van der Waals surface area contributed by atoms with Crippen LogP contribution in [0.3, 0.4) is 0 Å². The maximum Gasteiger partial charge on any atom is 0.224 e. The largest absolute Gasteiger partial charge is 0.378 e. The van der Waals surface area contributed by atoms with Crippen LogP contribution in [0.25, 0.3) is 10.8 Å². The van der Waals surface area contributed by atoms with E-state index in [0.717, 1.165) is 37.3 Å². The molecule has 3 aromatic rings. The minimum absolute atomic E-state index is 0.0684. The Morgan fingerprint density at radius 1 is 1.00 bits per heavy atom. The molecule has 0 unspecified atom stereocenters. The number of benzene rings is 3. The summed E-state index contributed by atoms with van der Waals surface area (Å²) >= 11 is 0. The van der Waals surface area contributed by atoms with E-state index in [9.17, 15) is 4.79 Å². The smallest absolute Gasteiger partial charge is 0.224 e. The minimum atomic E-state index is 0.0684. The minimum Gasteiger partial charge on any atom is -0.378 e. The van der Waals surface area contributed by atoms with Crippen LogP contribution < -0.4 is 15.1 Å². The van der Waals surface area contributed by atoms with E-state index in [-0.39, 0.29) is 11.9 Å². The van der Waals surface area contributed by atoms with Crippen molar-refractivity contribution in [1.29, 1.82) is 0 Å². The maximum absolute atomic E-state index is 12.9. The standard InChI is InChI=1S/C26H31N3O2/c1-28(2)23-12-10-21(11-13-23)25(29-14-16-31-17-15-29)19-27-26(30)18-22-8-5-7-20-6-3-4-9-24(20)22/h3-13,25H,14-19H2,1-2H3,(H,27,30)/p+1/t25-/m1/s1. The third-order valence-corrected chi connectivity index (χ3v) is 6.17. The molecule has 31 heavy (non-hydrogen) atoms. The van der Waals surface area contributed by atoms with Crippen LogP contribution >= 0.6 is 0 Å². The first-order valence-corrected chi connectivity index (χ1v) is 11.0. The lowest BCUT2D eigenvalue weighted by molar-refractivity contribution is -0.937. The van der Waals surface area contributed by atoms with Crippen LogP contribution in [0.15, 0.2) is 66.7 Å². The Kier molecular flexibility index (Phi) is 6.85. The summed E-state index contributed by atoms with van der Waals surface area (Å²) < 4.78 is 5.57. The zero-order chi connectivity index (χ0) is 21.6. The van der Waals surface area contributed by atoms with E-state index in [1.165, 1.54) is 21.5 Å². The highest BCUT2D eigenvalue weighted by atomic mass is 16.5. The number of amides is 1. The van der Waals surface area contributed by atoms with Gasteiger partial charge in [0.25, 0.3) is 0 Å². The van der Waals surface area contributed by atoms with Gasteiger partial charge in [-0.2, -0.15) is 0 Å². The van der Waals surface area contributed by atoms with Gasteiger partial charge in [-0.05, 0) is 28.5 Å². The summed E-state index contributed by atoms with van der Waals surface area (Å²) in [7, 11) is 4.10. The van der Waals surface area contributed by atoms with Gasteiger partial charge in [-0.25, -0.2) is 0 Å². The fraction of sp³-hybridized carbons (Fsp3) is 0.346. The highest BCUT2D eigenvalue weighted by molar-refractivity contribution is 5.90. The summed E-state index contributed by atoms with van der Waals surface area (Å²) in [6.07, 6.45) is 0.395. The Morgan fingerprint density at radius 2 is 1.71 bits per heavy atom. The van der Waals surface area contributed by atoms with Gasteiger partial charge >= 0.3 is 0 Å². The average Bonchev–Trinajstić information content (AvgIpc) is 2.80. The number of nitrogens with zero attached hydrogens (tertiary/aromatic N) is 1. The number of rotatable bonds is 7. The first kappa shape index (κ1) is 21.3. The first-order valence-electron chi connectivity index (χ1n) is 11.0. The molecule has 1 aliphatic rings. The van der Waals surface area contributed by atoms with E-state index in [1.54, 1.807) is 0 Å². The van der Waals surface area contributed by atoms with Gasteiger partial charge in [0.1, 0.15) is 19.1 Å². The number of fused-ring (bicyclic) bond motifs is 1. The second-order valence-electron chi connectivity index (χ2n) is 8.43. The normalized spacial score (nSPS) is 15.5. The van der Waals surface area contributed by atoms with Crippen molar-refractivity contribution in [3.63, 3.8) is 0 Å². The number of ether oxygens (including phenoxy) is 1. The molecule has 4 rings (SSSR count). The second-order valence-corrected chi connectivity index (χ2v) is 8.43. The van der Waals surface area contributed by atoms with Crippen molar-refractivity contribution in [3.8, 4) is 0 Å². The number of nitrogens with one attached hydrogen (secondary N) is 2.